The topological polar surface area (TPSA) is 86.2 Å². The number of benzene rings is 2. The summed E-state index contributed by atoms with van der Waals surface area (Å²) in [5.41, 5.74) is 2.06. The van der Waals surface area contributed by atoms with E-state index in [1.54, 1.807) is 6.20 Å². The lowest BCUT2D eigenvalue weighted by Gasteiger charge is -2.10. The number of hydrogen-bond donors (Lipinski definition) is 3. The quantitative estimate of drug-likeness (QED) is 0.530. The number of H-pyrrole nitrogens is 1. The fourth-order valence-corrected chi connectivity index (χ4v) is 3.07. The number of aromatic nitrogens is 2. The number of nitrogens with zero attached hydrogens (tertiary/aromatic N) is 1. The van der Waals surface area contributed by atoms with Gasteiger partial charge in [-0.2, -0.15) is 0 Å². The van der Waals surface area contributed by atoms with Gasteiger partial charge in [0, 0.05) is 28.9 Å². The molecule has 0 aliphatic rings. The fourth-order valence-electron chi connectivity index (χ4n) is 3.07. The lowest BCUT2D eigenvalue weighted by atomic mass is 10.0. The van der Waals surface area contributed by atoms with Crippen molar-refractivity contribution in [1.29, 1.82) is 0 Å². The molecule has 0 bridgehead atoms. The first-order valence-electron chi connectivity index (χ1n) is 7.64. The molecule has 2 aromatic heterocycles. The molecular weight excluding hydrogens is 323 g/mol. The third-order valence-electron chi connectivity index (χ3n) is 4.24. The smallest absolute Gasteiger partial charge is 0.340 e. The molecule has 5 nitrogen and oxygen atoms in total. The number of carbonyl (C=O) groups is 1. The maximum Gasteiger partial charge on any atom is 0.340 e. The molecule has 4 aromatic rings. The molecule has 0 fully saturated rings. The Morgan fingerprint density at radius 3 is 2.76 bits per heavy atom. The van der Waals surface area contributed by atoms with Crippen molar-refractivity contribution >= 4 is 27.8 Å². The number of para-hydroxylation sites is 1. The highest BCUT2D eigenvalue weighted by Gasteiger charge is 2.21. The van der Waals surface area contributed by atoms with Crippen LogP contribution in [-0.4, -0.2) is 26.2 Å². The van der Waals surface area contributed by atoms with E-state index in [4.69, 9.17) is 0 Å². The number of halogens is 1. The zero-order valence-corrected chi connectivity index (χ0v) is 13.0. The number of carboxylic acid groups (broad SMARTS) is 1. The van der Waals surface area contributed by atoms with Gasteiger partial charge in [-0.1, -0.05) is 18.2 Å². The van der Waals surface area contributed by atoms with Crippen LogP contribution in [0, 0.1) is 5.82 Å². The van der Waals surface area contributed by atoms with Gasteiger partial charge in [0.2, 0.25) is 0 Å². The molecule has 0 spiro atoms. The average Bonchev–Trinajstić information content (AvgIpc) is 2.99. The molecule has 0 saturated carbocycles. The SMILES string of the molecule is O=C(O)c1c(O)c(Cc2c[nH]c3ccccc23)nc2ccc(F)cc12. The predicted molar refractivity (Wildman–Crippen MR) is 91.4 cm³/mol. The second-order valence-corrected chi connectivity index (χ2v) is 5.79. The highest BCUT2D eigenvalue weighted by Crippen LogP contribution is 2.32. The summed E-state index contributed by atoms with van der Waals surface area (Å²) in [4.78, 5) is 19.1. The van der Waals surface area contributed by atoms with Crippen molar-refractivity contribution in [2.24, 2.45) is 0 Å². The third kappa shape index (κ3) is 2.48. The van der Waals surface area contributed by atoms with Crippen molar-refractivity contribution in [2.45, 2.75) is 6.42 Å². The van der Waals surface area contributed by atoms with Gasteiger partial charge in [-0.15, -0.1) is 0 Å². The first-order valence-corrected chi connectivity index (χ1v) is 7.64. The number of fused-ring (bicyclic) bond motifs is 2. The van der Waals surface area contributed by atoms with Crippen LogP contribution < -0.4 is 0 Å². The Kier molecular flexibility index (Phi) is 3.39. The molecule has 0 aliphatic carbocycles. The molecule has 4 rings (SSSR count). The second kappa shape index (κ2) is 5.59. The van der Waals surface area contributed by atoms with Crippen molar-refractivity contribution < 1.29 is 19.4 Å². The van der Waals surface area contributed by atoms with Crippen LogP contribution in [0.4, 0.5) is 4.39 Å². The molecule has 0 amide bonds. The molecule has 0 atom stereocenters. The number of pyridine rings is 1. The average molecular weight is 336 g/mol. The maximum atomic E-state index is 13.5. The van der Waals surface area contributed by atoms with Crippen LogP contribution in [0.5, 0.6) is 5.75 Å². The van der Waals surface area contributed by atoms with Crippen molar-refractivity contribution in [2.75, 3.05) is 0 Å². The standard InChI is InChI=1S/C19H13FN2O3/c20-11-5-6-15-13(8-11)17(19(24)25)18(23)16(22-15)7-10-9-21-14-4-2-1-3-12(10)14/h1-6,8-9,21,23H,7H2,(H,24,25). The van der Waals surface area contributed by atoms with E-state index < -0.39 is 17.5 Å². The Morgan fingerprint density at radius 2 is 1.96 bits per heavy atom. The molecular formula is C19H13FN2O3. The Hall–Kier alpha value is -3.41. The number of aromatic carboxylic acids is 1. The van der Waals surface area contributed by atoms with Gasteiger partial charge in [0.15, 0.2) is 5.75 Å². The highest BCUT2D eigenvalue weighted by molar-refractivity contribution is 6.05. The molecule has 0 unspecified atom stereocenters. The molecule has 25 heavy (non-hydrogen) atoms. The molecule has 2 heterocycles. The lowest BCUT2D eigenvalue weighted by Crippen LogP contribution is -2.04. The lowest BCUT2D eigenvalue weighted by molar-refractivity contribution is 0.0695. The molecule has 124 valence electrons. The molecule has 0 aliphatic heterocycles. The fraction of sp³-hybridized carbons (Fsp3) is 0.0526. The van der Waals surface area contributed by atoms with E-state index in [1.165, 1.54) is 12.1 Å². The van der Waals surface area contributed by atoms with Gasteiger partial charge in [0.1, 0.15) is 11.4 Å². The summed E-state index contributed by atoms with van der Waals surface area (Å²) in [6.45, 7) is 0. The van der Waals surface area contributed by atoms with Gasteiger partial charge in [-0.25, -0.2) is 14.2 Å². The van der Waals surface area contributed by atoms with Crippen LogP contribution in [0.3, 0.4) is 0 Å². The van der Waals surface area contributed by atoms with Crippen LogP contribution in [0.2, 0.25) is 0 Å². The monoisotopic (exact) mass is 336 g/mol. The summed E-state index contributed by atoms with van der Waals surface area (Å²) in [5.74, 6) is -2.34. The summed E-state index contributed by atoms with van der Waals surface area (Å²) in [5, 5.41) is 21.0. The van der Waals surface area contributed by atoms with Gasteiger partial charge in [-0.3, -0.25) is 0 Å². The van der Waals surface area contributed by atoms with E-state index in [0.717, 1.165) is 22.5 Å². The van der Waals surface area contributed by atoms with Crippen molar-refractivity contribution in [3.05, 3.63) is 71.3 Å². The van der Waals surface area contributed by atoms with Gasteiger partial charge < -0.3 is 15.2 Å². The second-order valence-electron chi connectivity index (χ2n) is 5.79. The summed E-state index contributed by atoms with van der Waals surface area (Å²) in [6, 6.07) is 11.4. The van der Waals surface area contributed by atoms with Crippen LogP contribution >= 0.6 is 0 Å². The summed E-state index contributed by atoms with van der Waals surface area (Å²) >= 11 is 0. The van der Waals surface area contributed by atoms with Gasteiger partial charge in [0.05, 0.1) is 11.2 Å². The van der Waals surface area contributed by atoms with Crippen molar-refractivity contribution in [3.63, 3.8) is 0 Å². The zero-order chi connectivity index (χ0) is 17.6. The van der Waals surface area contributed by atoms with E-state index >= 15 is 0 Å². The zero-order valence-electron chi connectivity index (χ0n) is 13.0. The van der Waals surface area contributed by atoms with Gasteiger partial charge in [-0.05, 0) is 29.8 Å². The van der Waals surface area contributed by atoms with Crippen LogP contribution in [-0.2, 0) is 6.42 Å². The summed E-state index contributed by atoms with van der Waals surface area (Å²) in [6.07, 6.45) is 2.06. The minimum atomic E-state index is -1.32. The van der Waals surface area contributed by atoms with E-state index in [-0.39, 0.29) is 23.1 Å². The number of aromatic hydroxyl groups is 1. The predicted octanol–water partition coefficient (Wildman–Crippen LogP) is 3.85. The minimum absolute atomic E-state index is 0.0766. The first kappa shape index (κ1) is 15.1. The van der Waals surface area contributed by atoms with Gasteiger partial charge >= 0.3 is 5.97 Å². The summed E-state index contributed by atoms with van der Waals surface area (Å²) < 4.78 is 13.5. The molecule has 6 heteroatoms. The maximum absolute atomic E-state index is 13.5. The van der Waals surface area contributed by atoms with E-state index in [0.29, 0.717) is 5.52 Å². The van der Waals surface area contributed by atoms with Gasteiger partial charge in [0.25, 0.3) is 0 Å². The Balaban J connectivity index is 1.91. The number of nitrogens with one attached hydrogen (secondary N) is 1. The normalized spacial score (nSPS) is 11.2. The number of carboxylic acids is 1. The van der Waals surface area contributed by atoms with Crippen LogP contribution in [0.25, 0.3) is 21.8 Å². The largest absolute Gasteiger partial charge is 0.505 e. The molecule has 0 radical (unpaired) electrons. The Morgan fingerprint density at radius 1 is 1.16 bits per heavy atom. The first-order chi connectivity index (χ1) is 12.0. The molecule has 0 saturated heterocycles. The number of hydrogen-bond acceptors (Lipinski definition) is 3. The molecule has 2 aromatic carbocycles. The van der Waals surface area contributed by atoms with Crippen molar-refractivity contribution in [3.8, 4) is 5.75 Å². The third-order valence-corrected chi connectivity index (χ3v) is 4.24. The van der Waals surface area contributed by atoms with Crippen LogP contribution in [0.1, 0.15) is 21.6 Å². The Labute approximate surface area is 141 Å². The number of aromatic amines is 1. The summed E-state index contributed by atoms with van der Waals surface area (Å²) in [7, 11) is 0. The highest BCUT2D eigenvalue weighted by atomic mass is 19.1. The Bertz CT molecular complexity index is 1130. The number of rotatable bonds is 3. The van der Waals surface area contributed by atoms with E-state index in [9.17, 15) is 19.4 Å². The molecule has 3 N–H and O–H groups in total. The van der Waals surface area contributed by atoms with E-state index in [2.05, 4.69) is 9.97 Å². The van der Waals surface area contributed by atoms with Crippen LogP contribution in [0.15, 0.2) is 48.7 Å². The minimum Gasteiger partial charge on any atom is -0.505 e. The van der Waals surface area contributed by atoms with E-state index in [1.807, 2.05) is 24.3 Å². The van der Waals surface area contributed by atoms with Crippen molar-refractivity contribution in [1.82, 2.24) is 9.97 Å².